The van der Waals surface area contributed by atoms with E-state index in [1.54, 1.807) is 11.5 Å². The largest absolute Gasteiger partial charge is 0.387 e. The molecule has 1 aromatic heterocycles. The Balaban J connectivity index is 2.65. The first-order valence-corrected chi connectivity index (χ1v) is 6.97. The van der Waals surface area contributed by atoms with Crippen molar-refractivity contribution in [2.75, 3.05) is 20.6 Å². The van der Waals surface area contributed by atoms with Crippen LogP contribution in [-0.2, 0) is 11.3 Å². The summed E-state index contributed by atoms with van der Waals surface area (Å²) in [7, 11) is 3.68. The fourth-order valence-electron chi connectivity index (χ4n) is 1.82. The van der Waals surface area contributed by atoms with E-state index in [9.17, 15) is 9.90 Å². The van der Waals surface area contributed by atoms with Gasteiger partial charge in [0, 0.05) is 11.1 Å². The monoisotopic (exact) mass is 290 g/mol. The van der Waals surface area contributed by atoms with E-state index in [1.807, 2.05) is 26.4 Å². The molecule has 0 saturated carbocycles. The number of likely N-dealkylation sites (N-methyl/N-ethyl adjacent to an activating group) is 1. The van der Waals surface area contributed by atoms with Gasteiger partial charge in [-0.1, -0.05) is 0 Å². The van der Waals surface area contributed by atoms with Gasteiger partial charge in [-0.05, 0) is 26.1 Å². The van der Waals surface area contributed by atoms with E-state index in [0.717, 1.165) is 5.69 Å². The van der Waals surface area contributed by atoms with Crippen molar-refractivity contribution in [1.29, 1.82) is 0 Å². The van der Waals surface area contributed by atoms with Gasteiger partial charge in [0.2, 0.25) is 0 Å². The maximum atomic E-state index is 11.9. The first-order valence-electron chi connectivity index (χ1n) is 5.68. The van der Waals surface area contributed by atoms with Gasteiger partial charge in [0.05, 0.1) is 14.1 Å². The van der Waals surface area contributed by atoms with E-state index in [4.69, 9.17) is 12.2 Å². The summed E-state index contributed by atoms with van der Waals surface area (Å²) in [5.41, 5.74) is 3.84. The average Bonchev–Trinajstić information content (AvgIpc) is 2.46. The third kappa shape index (κ3) is 4.49. The molecule has 2 N–H and O–H groups in total. The van der Waals surface area contributed by atoms with Gasteiger partial charge in [0.25, 0.3) is 5.91 Å². The SMILES string of the molecule is Cc1csc(=S)n1CC(=O)N[N+](C)(C)CC(C)O. The molecule has 0 aliphatic rings. The van der Waals surface area contributed by atoms with Crippen LogP contribution in [0, 0.1) is 10.9 Å². The second kappa shape index (κ2) is 5.92. The van der Waals surface area contributed by atoms with Crippen LogP contribution in [0.2, 0.25) is 0 Å². The molecule has 102 valence electrons. The molecule has 0 bridgehead atoms. The highest BCUT2D eigenvalue weighted by Crippen LogP contribution is 2.09. The number of aromatic nitrogens is 1. The number of thiazole rings is 1. The minimum absolute atomic E-state index is 0.113. The molecule has 0 saturated heterocycles. The molecule has 1 atom stereocenters. The molecule has 1 heterocycles. The lowest BCUT2D eigenvalue weighted by Crippen LogP contribution is -2.57. The number of hydrogen-bond acceptors (Lipinski definition) is 4. The van der Waals surface area contributed by atoms with Gasteiger partial charge in [0.15, 0.2) is 3.95 Å². The molecule has 7 heteroatoms. The van der Waals surface area contributed by atoms with Crippen molar-refractivity contribution in [2.45, 2.75) is 26.5 Å². The van der Waals surface area contributed by atoms with Crippen molar-refractivity contribution in [3.63, 3.8) is 0 Å². The topological polar surface area (TPSA) is 54.3 Å². The van der Waals surface area contributed by atoms with Gasteiger partial charge >= 0.3 is 0 Å². The van der Waals surface area contributed by atoms with Crippen LogP contribution in [0.4, 0.5) is 0 Å². The van der Waals surface area contributed by atoms with Gasteiger partial charge in [-0.2, -0.15) is 0 Å². The molecule has 1 aromatic rings. The molecular formula is C11H20N3O2S2+. The van der Waals surface area contributed by atoms with Crippen molar-refractivity contribution in [2.24, 2.45) is 0 Å². The van der Waals surface area contributed by atoms with Crippen LogP contribution in [0.5, 0.6) is 0 Å². The lowest BCUT2D eigenvalue weighted by atomic mass is 10.4. The van der Waals surface area contributed by atoms with E-state index < -0.39 is 6.10 Å². The van der Waals surface area contributed by atoms with Crippen LogP contribution >= 0.6 is 23.6 Å². The maximum Gasteiger partial charge on any atom is 0.284 e. The second-order valence-electron chi connectivity index (χ2n) is 4.98. The summed E-state index contributed by atoms with van der Waals surface area (Å²) < 4.78 is 2.74. The van der Waals surface area contributed by atoms with Crippen LogP contribution in [-0.4, -0.2) is 46.9 Å². The lowest BCUT2D eigenvalue weighted by molar-refractivity contribution is -0.927. The molecular weight excluding hydrogens is 270 g/mol. The quantitative estimate of drug-likeness (QED) is 0.485. The molecule has 0 radical (unpaired) electrons. The third-order valence-corrected chi connectivity index (χ3v) is 3.82. The van der Waals surface area contributed by atoms with E-state index in [-0.39, 0.29) is 17.0 Å². The highest BCUT2D eigenvalue weighted by atomic mass is 32.1. The predicted octanol–water partition coefficient (Wildman–Crippen LogP) is 1.08. The summed E-state index contributed by atoms with van der Waals surface area (Å²) in [6, 6.07) is 0. The number of quaternary nitrogens is 1. The van der Waals surface area contributed by atoms with Crippen molar-refractivity contribution in [3.8, 4) is 0 Å². The molecule has 0 aliphatic heterocycles. The zero-order valence-electron chi connectivity index (χ0n) is 11.1. The summed E-state index contributed by atoms with van der Waals surface area (Å²) in [5, 5.41) is 11.3. The van der Waals surface area contributed by atoms with Gasteiger partial charge < -0.3 is 9.67 Å². The van der Waals surface area contributed by atoms with Crippen molar-refractivity contribution in [3.05, 3.63) is 15.0 Å². The van der Waals surface area contributed by atoms with E-state index in [1.165, 1.54) is 11.3 Å². The van der Waals surface area contributed by atoms with E-state index >= 15 is 0 Å². The number of rotatable bonds is 5. The normalized spacial score (nSPS) is 13.4. The molecule has 0 spiro atoms. The van der Waals surface area contributed by atoms with Crippen LogP contribution < -0.4 is 5.43 Å². The summed E-state index contributed by atoms with van der Waals surface area (Å²) in [6.45, 7) is 4.30. The zero-order chi connectivity index (χ0) is 13.9. The Morgan fingerprint density at radius 1 is 1.67 bits per heavy atom. The standard InChI is InChI=1S/C11H19N3O2S2/c1-8-7-18-11(17)13(8)5-10(16)12-14(3,4)6-9(2)15/h7,9,15H,5-6H2,1-4H3/p+1. The number of carbonyl (C=O) groups excluding carboxylic acids is 1. The van der Waals surface area contributed by atoms with Gasteiger partial charge in [0.1, 0.15) is 19.2 Å². The number of aliphatic hydroxyl groups excluding tert-OH is 1. The third-order valence-electron chi connectivity index (χ3n) is 2.43. The molecule has 1 amide bonds. The predicted molar refractivity (Wildman–Crippen MR) is 74.7 cm³/mol. The number of nitrogens with zero attached hydrogens (tertiary/aromatic N) is 2. The Labute approximate surface area is 116 Å². The van der Waals surface area contributed by atoms with Gasteiger partial charge in [-0.15, -0.1) is 11.3 Å². The molecule has 1 unspecified atom stereocenters. The Morgan fingerprint density at radius 2 is 2.28 bits per heavy atom. The first kappa shape index (κ1) is 15.3. The van der Waals surface area contributed by atoms with Crippen LogP contribution in [0.15, 0.2) is 5.38 Å². The number of aliphatic hydroxyl groups is 1. The Morgan fingerprint density at radius 3 is 2.72 bits per heavy atom. The summed E-state index contributed by atoms with van der Waals surface area (Å²) in [5.74, 6) is -0.113. The molecule has 1 rings (SSSR count). The number of carbonyl (C=O) groups is 1. The lowest BCUT2D eigenvalue weighted by Gasteiger charge is -2.30. The Bertz CT molecular complexity index is 477. The molecule has 0 aromatic carbocycles. The van der Waals surface area contributed by atoms with Gasteiger partial charge in [-0.3, -0.25) is 4.79 Å². The van der Waals surface area contributed by atoms with E-state index in [0.29, 0.717) is 10.5 Å². The molecule has 0 fully saturated rings. The van der Waals surface area contributed by atoms with Gasteiger partial charge in [-0.25, -0.2) is 10.0 Å². The number of hydrogen-bond donors (Lipinski definition) is 2. The van der Waals surface area contributed by atoms with Crippen molar-refractivity contribution in [1.82, 2.24) is 9.99 Å². The average molecular weight is 290 g/mol. The number of nitrogens with one attached hydrogen (secondary N) is 1. The highest BCUT2D eigenvalue weighted by molar-refractivity contribution is 7.73. The second-order valence-corrected chi connectivity index (χ2v) is 6.48. The van der Waals surface area contributed by atoms with Crippen molar-refractivity contribution < 1.29 is 14.5 Å². The summed E-state index contributed by atoms with van der Waals surface area (Å²) >= 11 is 6.61. The highest BCUT2D eigenvalue weighted by Gasteiger charge is 2.21. The molecule has 0 aliphatic carbocycles. The molecule has 18 heavy (non-hydrogen) atoms. The van der Waals surface area contributed by atoms with Crippen LogP contribution in [0.3, 0.4) is 0 Å². The number of amides is 1. The first-order chi connectivity index (χ1) is 8.21. The van der Waals surface area contributed by atoms with Crippen molar-refractivity contribution >= 4 is 29.5 Å². The fourth-order valence-corrected chi connectivity index (χ4v) is 2.91. The fraction of sp³-hybridized carbons (Fsp3) is 0.636. The summed E-state index contributed by atoms with van der Waals surface area (Å²) in [4.78, 5) is 11.9. The van der Waals surface area contributed by atoms with Crippen LogP contribution in [0.25, 0.3) is 0 Å². The Hall–Kier alpha value is -0.760. The minimum Gasteiger partial charge on any atom is -0.387 e. The minimum atomic E-state index is -0.467. The molecule has 5 nitrogen and oxygen atoms in total. The Kier molecular flexibility index (Phi) is 5.03. The number of aryl methyl sites for hydroxylation is 1. The van der Waals surface area contributed by atoms with E-state index in [2.05, 4.69) is 5.43 Å². The summed E-state index contributed by atoms with van der Waals surface area (Å²) in [6.07, 6.45) is -0.467. The van der Waals surface area contributed by atoms with Crippen LogP contribution in [0.1, 0.15) is 12.6 Å². The smallest absolute Gasteiger partial charge is 0.284 e. The zero-order valence-corrected chi connectivity index (χ0v) is 12.8. The maximum absolute atomic E-state index is 11.9.